The number of aryl methyl sites for hydroxylation is 1. The lowest BCUT2D eigenvalue weighted by Gasteiger charge is -2.17. The van der Waals surface area contributed by atoms with Gasteiger partial charge in [-0.15, -0.1) is 36.2 Å². The number of carbonyl (C=O) groups is 1. The van der Waals surface area contributed by atoms with Gasteiger partial charge in [0.05, 0.1) is 16.2 Å². The van der Waals surface area contributed by atoms with Gasteiger partial charge in [0.15, 0.2) is 0 Å². The average molecular weight is 300 g/mol. The molecule has 0 atom stereocenters. The molecule has 1 amide bonds. The molecule has 0 unspecified atom stereocenters. The molecule has 0 aliphatic rings. The second kappa shape index (κ2) is 7.87. The minimum absolute atomic E-state index is 0. The normalized spacial score (nSPS) is 10.1. The van der Waals surface area contributed by atoms with E-state index in [0.717, 1.165) is 17.1 Å². The van der Waals surface area contributed by atoms with Crippen LogP contribution in [0, 0.1) is 6.92 Å². The molecular weight excluding hydrogens is 281 g/mol. The van der Waals surface area contributed by atoms with Crippen molar-refractivity contribution < 1.29 is 4.79 Å². The first kappa shape index (κ1) is 19.0. The maximum Gasteiger partial charge on any atom is 0.239 e. The second-order valence-electron chi connectivity index (χ2n) is 4.09. The van der Waals surface area contributed by atoms with Crippen LogP contribution in [0.2, 0.25) is 0 Å². The van der Waals surface area contributed by atoms with E-state index in [1.807, 2.05) is 12.3 Å². The summed E-state index contributed by atoms with van der Waals surface area (Å²) in [7, 11) is 0. The number of carbonyl (C=O) groups excluding carboxylic acids is 1. The average Bonchev–Trinajstić information content (AvgIpc) is 2.49. The van der Waals surface area contributed by atoms with Crippen molar-refractivity contribution in [2.75, 3.05) is 6.54 Å². The number of hydrogen-bond donors (Lipinski definition) is 2. The largest absolute Gasteiger partial charge is 0.354 e. The lowest BCUT2D eigenvalue weighted by molar-refractivity contribution is -0.125. The highest BCUT2D eigenvalue weighted by Gasteiger charge is 2.20. The maximum atomic E-state index is 11.4. The standard InChI is InChI=1S/C10H17N3OS.2ClH/c1-7-13-8(6-15-7)4-5-12-9(14)10(2,3)11;;/h6H,4-5,11H2,1-3H3,(H,12,14);2*1H. The Labute approximate surface area is 118 Å². The Balaban J connectivity index is 0. The molecule has 17 heavy (non-hydrogen) atoms. The molecule has 1 aromatic heterocycles. The lowest BCUT2D eigenvalue weighted by atomic mass is 10.1. The number of thiazole rings is 1. The van der Waals surface area contributed by atoms with Crippen molar-refractivity contribution in [1.29, 1.82) is 0 Å². The summed E-state index contributed by atoms with van der Waals surface area (Å²) in [6, 6.07) is 0. The predicted octanol–water partition coefficient (Wildman–Crippen LogP) is 1.69. The number of rotatable bonds is 4. The molecule has 0 aliphatic carbocycles. The first-order chi connectivity index (χ1) is 6.89. The Morgan fingerprint density at radius 1 is 1.53 bits per heavy atom. The molecule has 0 aliphatic heterocycles. The van der Waals surface area contributed by atoms with E-state index in [1.165, 1.54) is 0 Å². The number of halogens is 2. The van der Waals surface area contributed by atoms with Crippen LogP contribution in [0.25, 0.3) is 0 Å². The number of aromatic nitrogens is 1. The van der Waals surface area contributed by atoms with Crippen molar-refractivity contribution in [3.63, 3.8) is 0 Å². The molecule has 1 heterocycles. The van der Waals surface area contributed by atoms with Gasteiger partial charge in [0.25, 0.3) is 0 Å². The van der Waals surface area contributed by atoms with Gasteiger partial charge in [0.2, 0.25) is 5.91 Å². The van der Waals surface area contributed by atoms with Crippen molar-refractivity contribution in [1.82, 2.24) is 10.3 Å². The molecule has 3 N–H and O–H groups in total. The zero-order valence-corrected chi connectivity index (χ0v) is 12.6. The van der Waals surface area contributed by atoms with Crippen LogP contribution in [0.5, 0.6) is 0 Å². The molecule has 0 fully saturated rings. The van der Waals surface area contributed by atoms with Crippen LogP contribution in [0.3, 0.4) is 0 Å². The van der Waals surface area contributed by atoms with Crippen molar-refractivity contribution in [2.24, 2.45) is 5.73 Å². The third-order valence-corrected chi connectivity index (χ3v) is 2.74. The molecule has 1 rings (SSSR count). The summed E-state index contributed by atoms with van der Waals surface area (Å²) < 4.78 is 0. The number of nitrogens with one attached hydrogen (secondary N) is 1. The van der Waals surface area contributed by atoms with E-state index in [1.54, 1.807) is 25.2 Å². The molecule has 4 nitrogen and oxygen atoms in total. The first-order valence-electron chi connectivity index (χ1n) is 4.88. The van der Waals surface area contributed by atoms with Gasteiger partial charge in [0.1, 0.15) is 0 Å². The molecule has 100 valence electrons. The lowest BCUT2D eigenvalue weighted by Crippen LogP contribution is -2.49. The van der Waals surface area contributed by atoms with Gasteiger partial charge in [-0.3, -0.25) is 4.79 Å². The van der Waals surface area contributed by atoms with Crippen LogP contribution >= 0.6 is 36.2 Å². The van der Waals surface area contributed by atoms with Crippen molar-refractivity contribution >= 4 is 42.1 Å². The summed E-state index contributed by atoms with van der Waals surface area (Å²) in [6.45, 7) is 5.93. The van der Waals surface area contributed by atoms with E-state index in [2.05, 4.69) is 10.3 Å². The molecule has 1 aromatic rings. The summed E-state index contributed by atoms with van der Waals surface area (Å²) in [4.78, 5) is 15.7. The van der Waals surface area contributed by atoms with Gasteiger partial charge in [-0.25, -0.2) is 4.98 Å². The van der Waals surface area contributed by atoms with Crippen molar-refractivity contribution in [3.8, 4) is 0 Å². The van der Waals surface area contributed by atoms with Crippen LogP contribution in [0.15, 0.2) is 5.38 Å². The van der Waals surface area contributed by atoms with Crippen LogP contribution in [-0.2, 0) is 11.2 Å². The minimum Gasteiger partial charge on any atom is -0.354 e. The third-order valence-electron chi connectivity index (χ3n) is 1.92. The topological polar surface area (TPSA) is 68.0 Å². The van der Waals surface area contributed by atoms with Gasteiger partial charge in [-0.2, -0.15) is 0 Å². The summed E-state index contributed by atoms with van der Waals surface area (Å²) in [5.74, 6) is -0.130. The molecule has 7 heteroatoms. The van der Waals surface area contributed by atoms with Gasteiger partial charge in [0, 0.05) is 18.3 Å². The highest BCUT2D eigenvalue weighted by atomic mass is 35.5. The Kier molecular flexibility index (Phi) is 8.79. The summed E-state index contributed by atoms with van der Waals surface area (Å²) >= 11 is 1.62. The fraction of sp³-hybridized carbons (Fsp3) is 0.600. The zero-order valence-electron chi connectivity index (χ0n) is 10.1. The van der Waals surface area contributed by atoms with Gasteiger partial charge < -0.3 is 11.1 Å². The number of nitrogens with two attached hydrogens (primary N) is 1. The first-order valence-corrected chi connectivity index (χ1v) is 5.76. The maximum absolute atomic E-state index is 11.4. The predicted molar refractivity (Wildman–Crippen MR) is 76.3 cm³/mol. The van der Waals surface area contributed by atoms with Crippen LogP contribution in [0.1, 0.15) is 24.5 Å². The number of amides is 1. The Hall–Kier alpha value is -0.360. The summed E-state index contributed by atoms with van der Waals surface area (Å²) in [5, 5.41) is 5.84. The zero-order chi connectivity index (χ0) is 11.5. The molecule has 0 spiro atoms. The SMILES string of the molecule is Cc1nc(CCNC(=O)C(C)(C)N)cs1.Cl.Cl. The number of hydrogen-bond acceptors (Lipinski definition) is 4. The molecule has 0 bridgehead atoms. The Morgan fingerprint density at radius 2 is 2.12 bits per heavy atom. The second-order valence-corrected chi connectivity index (χ2v) is 5.15. The van der Waals surface area contributed by atoms with Crippen LogP contribution < -0.4 is 11.1 Å². The van der Waals surface area contributed by atoms with Crippen molar-refractivity contribution in [3.05, 3.63) is 16.1 Å². The third kappa shape index (κ3) is 6.83. The van der Waals surface area contributed by atoms with E-state index in [0.29, 0.717) is 6.54 Å². The van der Waals surface area contributed by atoms with E-state index >= 15 is 0 Å². The van der Waals surface area contributed by atoms with E-state index in [4.69, 9.17) is 5.73 Å². The molecular formula is C10H19Cl2N3OS. The molecule has 0 radical (unpaired) electrons. The van der Waals surface area contributed by atoms with Crippen LogP contribution in [-0.4, -0.2) is 23.0 Å². The highest BCUT2D eigenvalue weighted by molar-refractivity contribution is 7.09. The smallest absolute Gasteiger partial charge is 0.239 e. The number of nitrogens with zero attached hydrogens (tertiary/aromatic N) is 1. The van der Waals surface area contributed by atoms with E-state index in [9.17, 15) is 4.79 Å². The van der Waals surface area contributed by atoms with Crippen molar-refractivity contribution in [2.45, 2.75) is 32.7 Å². The molecule has 0 saturated carbocycles. The minimum atomic E-state index is -0.808. The van der Waals surface area contributed by atoms with E-state index in [-0.39, 0.29) is 30.7 Å². The Bertz CT molecular complexity index is 350. The van der Waals surface area contributed by atoms with Crippen LogP contribution in [0.4, 0.5) is 0 Å². The molecule has 0 saturated heterocycles. The Morgan fingerprint density at radius 3 is 2.53 bits per heavy atom. The highest BCUT2D eigenvalue weighted by Crippen LogP contribution is 2.07. The van der Waals surface area contributed by atoms with Gasteiger partial charge in [-0.1, -0.05) is 0 Å². The summed E-state index contributed by atoms with van der Waals surface area (Å²) in [5.41, 5.74) is 5.85. The fourth-order valence-electron chi connectivity index (χ4n) is 1.05. The summed E-state index contributed by atoms with van der Waals surface area (Å²) in [6.07, 6.45) is 0.756. The molecule has 0 aromatic carbocycles. The van der Waals surface area contributed by atoms with Gasteiger partial charge in [-0.05, 0) is 20.8 Å². The van der Waals surface area contributed by atoms with E-state index < -0.39 is 5.54 Å². The van der Waals surface area contributed by atoms with Gasteiger partial charge >= 0.3 is 0 Å². The monoisotopic (exact) mass is 299 g/mol. The fourth-order valence-corrected chi connectivity index (χ4v) is 1.70. The quantitative estimate of drug-likeness (QED) is 0.889.